The number of aldehydes is 1. The molecule has 1 rings (SSSR count). The number of carbonyl (C=O) groups excluding carboxylic acids is 2. The molecule has 0 atom stereocenters. The van der Waals surface area contributed by atoms with Crippen LogP contribution >= 0.6 is 0 Å². The summed E-state index contributed by atoms with van der Waals surface area (Å²) in [6.45, 7) is 5.92. The van der Waals surface area contributed by atoms with Gasteiger partial charge in [0, 0.05) is 13.0 Å². The van der Waals surface area contributed by atoms with Crippen molar-refractivity contribution >= 4 is 12.4 Å². The Morgan fingerprint density at radius 2 is 1.79 bits per heavy atom. The van der Waals surface area contributed by atoms with Gasteiger partial charge in [0.05, 0.1) is 0 Å². The summed E-state index contributed by atoms with van der Waals surface area (Å²) in [6, 6.07) is 7.82. The van der Waals surface area contributed by atoms with E-state index in [0.717, 1.165) is 23.8 Å². The Labute approximate surface area is 114 Å². The van der Waals surface area contributed by atoms with Gasteiger partial charge in [-0.3, -0.25) is 0 Å². The van der Waals surface area contributed by atoms with Gasteiger partial charge in [0.15, 0.2) is 0 Å². The zero-order valence-electron chi connectivity index (χ0n) is 11.7. The zero-order chi connectivity index (χ0) is 14.3. The standard InChI is InChI=1S/C15H21NO3/c1-15(2,3)19-14(18)16-11-13-8-6-12(7-9-13)5-4-10-17/h6-10H,4-5,11H2,1-3H3,(H,16,18). The summed E-state index contributed by atoms with van der Waals surface area (Å²) in [4.78, 5) is 21.7. The van der Waals surface area contributed by atoms with E-state index >= 15 is 0 Å². The molecule has 104 valence electrons. The van der Waals surface area contributed by atoms with Crippen molar-refractivity contribution in [2.75, 3.05) is 0 Å². The van der Waals surface area contributed by atoms with Crippen LogP contribution in [0.25, 0.3) is 0 Å². The first kappa shape index (κ1) is 15.2. The number of hydrogen-bond donors (Lipinski definition) is 1. The van der Waals surface area contributed by atoms with Crippen LogP contribution < -0.4 is 5.32 Å². The molecule has 0 aliphatic carbocycles. The number of nitrogens with one attached hydrogen (secondary N) is 1. The van der Waals surface area contributed by atoms with Crippen molar-refractivity contribution in [3.63, 3.8) is 0 Å². The van der Waals surface area contributed by atoms with Gasteiger partial charge in [-0.2, -0.15) is 0 Å². The molecule has 0 aromatic heterocycles. The van der Waals surface area contributed by atoms with E-state index in [0.29, 0.717) is 13.0 Å². The Kier molecular flexibility index (Phi) is 5.55. The fourth-order valence-corrected chi connectivity index (χ4v) is 1.54. The normalized spacial score (nSPS) is 10.9. The van der Waals surface area contributed by atoms with E-state index in [-0.39, 0.29) is 0 Å². The number of aryl methyl sites for hydroxylation is 1. The maximum atomic E-state index is 11.5. The first-order chi connectivity index (χ1) is 8.90. The topological polar surface area (TPSA) is 55.4 Å². The summed E-state index contributed by atoms with van der Waals surface area (Å²) < 4.78 is 5.15. The smallest absolute Gasteiger partial charge is 0.407 e. The number of rotatable bonds is 5. The number of amides is 1. The summed E-state index contributed by atoms with van der Waals surface area (Å²) in [6.07, 6.45) is 1.79. The molecule has 4 heteroatoms. The predicted molar refractivity (Wildman–Crippen MR) is 73.9 cm³/mol. The van der Waals surface area contributed by atoms with Crippen LogP contribution in [0.2, 0.25) is 0 Å². The molecule has 19 heavy (non-hydrogen) atoms. The molecular formula is C15H21NO3. The Bertz CT molecular complexity index is 418. The maximum absolute atomic E-state index is 11.5. The lowest BCUT2D eigenvalue weighted by atomic mass is 10.1. The first-order valence-corrected chi connectivity index (χ1v) is 6.39. The maximum Gasteiger partial charge on any atom is 0.407 e. The van der Waals surface area contributed by atoms with Gasteiger partial charge in [0.25, 0.3) is 0 Å². The number of hydrogen-bond acceptors (Lipinski definition) is 3. The van der Waals surface area contributed by atoms with Gasteiger partial charge < -0.3 is 14.8 Å². The summed E-state index contributed by atoms with van der Waals surface area (Å²) in [7, 11) is 0. The van der Waals surface area contributed by atoms with Crippen LogP contribution in [0.15, 0.2) is 24.3 Å². The fraction of sp³-hybridized carbons (Fsp3) is 0.467. The van der Waals surface area contributed by atoms with Crippen molar-refractivity contribution in [2.45, 2.75) is 45.8 Å². The van der Waals surface area contributed by atoms with Crippen molar-refractivity contribution in [1.29, 1.82) is 0 Å². The summed E-state index contributed by atoms with van der Waals surface area (Å²) in [5.74, 6) is 0. The third kappa shape index (κ3) is 6.60. The number of carbonyl (C=O) groups is 2. The predicted octanol–water partition coefficient (Wildman–Crippen LogP) is 2.84. The molecule has 0 heterocycles. The minimum Gasteiger partial charge on any atom is -0.444 e. The Morgan fingerprint density at radius 3 is 2.32 bits per heavy atom. The molecule has 0 unspecified atom stereocenters. The van der Waals surface area contributed by atoms with E-state index in [1.54, 1.807) is 0 Å². The van der Waals surface area contributed by atoms with Crippen LogP contribution in [-0.2, 0) is 22.5 Å². The molecular weight excluding hydrogens is 242 g/mol. The number of alkyl carbamates (subject to hydrolysis) is 1. The summed E-state index contributed by atoms with van der Waals surface area (Å²) in [5.41, 5.74) is 1.64. The summed E-state index contributed by atoms with van der Waals surface area (Å²) in [5, 5.41) is 2.70. The van der Waals surface area contributed by atoms with E-state index in [1.165, 1.54) is 0 Å². The molecule has 0 radical (unpaired) electrons. The van der Waals surface area contributed by atoms with Crippen LogP contribution in [0.1, 0.15) is 38.3 Å². The van der Waals surface area contributed by atoms with Crippen LogP contribution in [0.4, 0.5) is 4.79 Å². The highest BCUT2D eigenvalue weighted by molar-refractivity contribution is 5.67. The van der Waals surface area contributed by atoms with E-state index < -0.39 is 11.7 Å². The quantitative estimate of drug-likeness (QED) is 0.831. The molecule has 0 bridgehead atoms. The molecule has 0 saturated carbocycles. The average molecular weight is 263 g/mol. The van der Waals surface area contributed by atoms with E-state index in [2.05, 4.69) is 5.32 Å². The molecule has 0 aliphatic rings. The van der Waals surface area contributed by atoms with E-state index in [4.69, 9.17) is 4.74 Å². The SMILES string of the molecule is CC(C)(C)OC(=O)NCc1ccc(CCC=O)cc1. The highest BCUT2D eigenvalue weighted by Gasteiger charge is 2.15. The lowest BCUT2D eigenvalue weighted by molar-refractivity contribution is -0.107. The molecule has 0 fully saturated rings. The molecule has 0 aliphatic heterocycles. The van der Waals surface area contributed by atoms with Gasteiger partial charge in [0.1, 0.15) is 11.9 Å². The van der Waals surface area contributed by atoms with Gasteiger partial charge in [-0.25, -0.2) is 4.79 Å². The van der Waals surface area contributed by atoms with Crippen LogP contribution in [0, 0.1) is 0 Å². The van der Waals surface area contributed by atoms with E-state index in [9.17, 15) is 9.59 Å². The largest absolute Gasteiger partial charge is 0.444 e. The third-order valence-electron chi connectivity index (χ3n) is 2.41. The van der Waals surface area contributed by atoms with Crippen molar-refractivity contribution in [2.24, 2.45) is 0 Å². The molecule has 0 spiro atoms. The Morgan fingerprint density at radius 1 is 1.21 bits per heavy atom. The summed E-state index contributed by atoms with van der Waals surface area (Å²) >= 11 is 0. The van der Waals surface area contributed by atoms with Crippen molar-refractivity contribution in [1.82, 2.24) is 5.32 Å². The lowest BCUT2D eigenvalue weighted by Crippen LogP contribution is -2.32. The van der Waals surface area contributed by atoms with Crippen molar-refractivity contribution < 1.29 is 14.3 Å². The van der Waals surface area contributed by atoms with Crippen LogP contribution in [0.3, 0.4) is 0 Å². The number of ether oxygens (including phenoxy) is 1. The lowest BCUT2D eigenvalue weighted by Gasteiger charge is -2.19. The molecule has 1 aromatic carbocycles. The van der Waals surface area contributed by atoms with Crippen LogP contribution in [-0.4, -0.2) is 18.0 Å². The second-order valence-electron chi connectivity index (χ2n) is 5.38. The van der Waals surface area contributed by atoms with Crippen molar-refractivity contribution in [3.8, 4) is 0 Å². The second kappa shape index (κ2) is 6.92. The molecule has 4 nitrogen and oxygen atoms in total. The first-order valence-electron chi connectivity index (χ1n) is 6.39. The van der Waals surface area contributed by atoms with Gasteiger partial charge in [0.2, 0.25) is 0 Å². The monoisotopic (exact) mass is 263 g/mol. The van der Waals surface area contributed by atoms with E-state index in [1.807, 2.05) is 45.0 Å². The molecule has 0 saturated heterocycles. The molecule has 1 aromatic rings. The highest BCUT2D eigenvalue weighted by atomic mass is 16.6. The number of benzene rings is 1. The average Bonchev–Trinajstić information content (AvgIpc) is 2.33. The highest BCUT2D eigenvalue weighted by Crippen LogP contribution is 2.08. The van der Waals surface area contributed by atoms with Gasteiger partial charge in [-0.15, -0.1) is 0 Å². The Balaban J connectivity index is 2.41. The molecule has 1 amide bonds. The van der Waals surface area contributed by atoms with Gasteiger partial charge in [-0.05, 0) is 38.3 Å². The van der Waals surface area contributed by atoms with Crippen molar-refractivity contribution in [3.05, 3.63) is 35.4 Å². The molecule has 1 N–H and O–H groups in total. The fourth-order valence-electron chi connectivity index (χ4n) is 1.54. The minimum absolute atomic E-state index is 0.419. The third-order valence-corrected chi connectivity index (χ3v) is 2.41. The van der Waals surface area contributed by atoms with Crippen LogP contribution in [0.5, 0.6) is 0 Å². The Hall–Kier alpha value is -1.84. The minimum atomic E-state index is -0.483. The second-order valence-corrected chi connectivity index (χ2v) is 5.38. The van der Waals surface area contributed by atoms with Gasteiger partial charge in [-0.1, -0.05) is 24.3 Å². The zero-order valence-corrected chi connectivity index (χ0v) is 11.7. The van der Waals surface area contributed by atoms with Gasteiger partial charge >= 0.3 is 6.09 Å².